The van der Waals surface area contributed by atoms with Crippen molar-refractivity contribution < 1.29 is 14.9 Å². The molecule has 1 unspecified atom stereocenters. The van der Waals surface area contributed by atoms with Gasteiger partial charge in [0.05, 0.1) is 0 Å². The highest BCUT2D eigenvalue weighted by molar-refractivity contribution is 5.34. The minimum Gasteiger partial charge on any atom is -0.457 e. The Morgan fingerprint density at radius 1 is 0.826 bits per heavy atom. The van der Waals surface area contributed by atoms with Crippen molar-refractivity contribution in [1.29, 1.82) is 0 Å². The van der Waals surface area contributed by atoms with Gasteiger partial charge in [0, 0.05) is 5.56 Å². The standard InChI is InChI=1S/C20H26O3/c1-14(2)15(3)4-5-16-6-10-18(11-7-16)23-19-12-8-17(9-13-19)20(21)22/h6-15,20-22H,4-5H2,1-3H3. The van der Waals surface area contributed by atoms with Gasteiger partial charge in [-0.3, -0.25) is 0 Å². The molecule has 0 aliphatic rings. The van der Waals surface area contributed by atoms with Crippen LogP contribution in [-0.4, -0.2) is 10.2 Å². The minimum atomic E-state index is -1.45. The zero-order valence-electron chi connectivity index (χ0n) is 14.1. The van der Waals surface area contributed by atoms with E-state index in [1.807, 2.05) is 12.1 Å². The Kier molecular flexibility index (Phi) is 6.20. The average molecular weight is 314 g/mol. The molecule has 0 saturated heterocycles. The van der Waals surface area contributed by atoms with E-state index in [1.54, 1.807) is 24.3 Å². The van der Waals surface area contributed by atoms with Gasteiger partial charge < -0.3 is 14.9 Å². The van der Waals surface area contributed by atoms with Gasteiger partial charge in [0.2, 0.25) is 0 Å². The molecule has 3 nitrogen and oxygen atoms in total. The van der Waals surface area contributed by atoms with Crippen LogP contribution < -0.4 is 4.74 Å². The Morgan fingerprint density at radius 2 is 1.35 bits per heavy atom. The van der Waals surface area contributed by atoms with E-state index in [0.717, 1.165) is 24.0 Å². The van der Waals surface area contributed by atoms with Gasteiger partial charge in [-0.1, -0.05) is 45.0 Å². The number of ether oxygens (including phenoxy) is 1. The maximum atomic E-state index is 9.07. The first-order valence-electron chi connectivity index (χ1n) is 8.18. The molecule has 0 radical (unpaired) electrons. The third kappa shape index (κ3) is 5.38. The summed E-state index contributed by atoms with van der Waals surface area (Å²) in [5.74, 6) is 2.91. The summed E-state index contributed by atoms with van der Waals surface area (Å²) in [6.07, 6.45) is 0.836. The van der Waals surface area contributed by atoms with Crippen molar-refractivity contribution in [3.8, 4) is 11.5 Å². The minimum absolute atomic E-state index is 0.451. The maximum Gasteiger partial charge on any atom is 0.178 e. The largest absolute Gasteiger partial charge is 0.457 e. The van der Waals surface area contributed by atoms with Crippen LogP contribution in [0.15, 0.2) is 48.5 Å². The second-order valence-electron chi connectivity index (χ2n) is 6.45. The lowest BCUT2D eigenvalue weighted by atomic mass is 9.91. The van der Waals surface area contributed by atoms with Crippen LogP contribution in [-0.2, 0) is 6.42 Å². The van der Waals surface area contributed by atoms with Crippen molar-refractivity contribution in [2.45, 2.75) is 39.9 Å². The Labute approximate surface area is 138 Å². The van der Waals surface area contributed by atoms with Crippen molar-refractivity contribution in [2.75, 3.05) is 0 Å². The predicted octanol–water partition coefficient (Wildman–Crippen LogP) is 4.69. The Hall–Kier alpha value is -1.84. The zero-order chi connectivity index (χ0) is 16.8. The Balaban J connectivity index is 1.92. The van der Waals surface area contributed by atoms with Gasteiger partial charge in [-0.25, -0.2) is 0 Å². The lowest BCUT2D eigenvalue weighted by molar-refractivity contribution is -0.0424. The number of benzene rings is 2. The molecule has 1 atom stereocenters. The first-order valence-corrected chi connectivity index (χ1v) is 8.18. The van der Waals surface area contributed by atoms with Gasteiger partial charge in [-0.2, -0.15) is 0 Å². The molecule has 0 spiro atoms. The first kappa shape index (κ1) is 17.5. The van der Waals surface area contributed by atoms with E-state index in [-0.39, 0.29) is 0 Å². The molecular formula is C20H26O3. The molecular weight excluding hydrogens is 288 g/mol. The van der Waals surface area contributed by atoms with Gasteiger partial charge in [0.1, 0.15) is 11.5 Å². The van der Waals surface area contributed by atoms with Gasteiger partial charge in [-0.05, 0) is 54.5 Å². The van der Waals surface area contributed by atoms with E-state index < -0.39 is 6.29 Å². The van der Waals surface area contributed by atoms with Crippen LogP contribution in [0.5, 0.6) is 11.5 Å². The monoisotopic (exact) mass is 314 g/mol. The van der Waals surface area contributed by atoms with E-state index in [4.69, 9.17) is 14.9 Å². The SMILES string of the molecule is CC(C)C(C)CCc1ccc(Oc2ccc(C(O)O)cc2)cc1. The molecule has 0 aliphatic carbocycles. The molecule has 124 valence electrons. The summed E-state index contributed by atoms with van der Waals surface area (Å²) in [6, 6.07) is 14.9. The normalized spacial score (nSPS) is 12.7. The molecule has 0 heterocycles. The van der Waals surface area contributed by atoms with Gasteiger partial charge in [0.25, 0.3) is 0 Å². The van der Waals surface area contributed by atoms with Crippen LogP contribution in [0.3, 0.4) is 0 Å². The Morgan fingerprint density at radius 3 is 1.83 bits per heavy atom. The number of aryl methyl sites for hydroxylation is 1. The Bertz CT molecular complexity index is 585. The molecule has 0 aromatic heterocycles. The molecule has 0 saturated carbocycles. The zero-order valence-corrected chi connectivity index (χ0v) is 14.1. The maximum absolute atomic E-state index is 9.07. The summed E-state index contributed by atoms with van der Waals surface area (Å²) >= 11 is 0. The van der Waals surface area contributed by atoms with Crippen molar-refractivity contribution in [3.63, 3.8) is 0 Å². The molecule has 2 rings (SSSR count). The van der Waals surface area contributed by atoms with Crippen LogP contribution in [0.2, 0.25) is 0 Å². The molecule has 23 heavy (non-hydrogen) atoms. The molecule has 0 aliphatic heterocycles. The lowest BCUT2D eigenvalue weighted by Crippen LogP contribution is -2.05. The summed E-state index contributed by atoms with van der Waals surface area (Å²) in [7, 11) is 0. The summed E-state index contributed by atoms with van der Waals surface area (Å²) in [5.41, 5.74) is 1.77. The highest BCUT2D eigenvalue weighted by Gasteiger charge is 2.07. The molecule has 2 N–H and O–H groups in total. The fourth-order valence-corrected chi connectivity index (χ4v) is 2.30. The van der Waals surface area contributed by atoms with Crippen molar-refractivity contribution in [2.24, 2.45) is 11.8 Å². The van der Waals surface area contributed by atoms with E-state index in [1.165, 1.54) is 12.0 Å². The number of aliphatic hydroxyl groups is 2. The fraction of sp³-hybridized carbons (Fsp3) is 0.400. The number of aliphatic hydroxyl groups excluding tert-OH is 1. The quantitative estimate of drug-likeness (QED) is 0.729. The van der Waals surface area contributed by atoms with Gasteiger partial charge >= 0.3 is 0 Å². The summed E-state index contributed by atoms with van der Waals surface area (Å²) in [4.78, 5) is 0. The van der Waals surface area contributed by atoms with Crippen LogP contribution in [0.4, 0.5) is 0 Å². The third-order valence-electron chi connectivity index (χ3n) is 4.36. The van der Waals surface area contributed by atoms with Crippen molar-refractivity contribution in [3.05, 3.63) is 59.7 Å². The highest BCUT2D eigenvalue weighted by atomic mass is 16.5. The molecule has 0 bridgehead atoms. The van der Waals surface area contributed by atoms with Gasteiger partial charge in [0.15, 0.2) is 6.29 Å². The lowest BCUT2D eigenvalue weighted by Gasteiger charge is -2.15. The predicted molar refractivity (Wildman–Crippen MR) is 92.5 cm³/mol. The van der Waals surface area contributed by atoms with Crippen LogP contribution in [0.1, 0.15) is 44.6 Å². The molecule has 2 aromatic rings. The molecule has 0 fully saturated rings. The number of hydrogen-bond donors (Lipinski definition) is 2. The first-order chi connectivity index (χ1) is 11.0. The van der Waals surface area contributed by atoms with Crippen LogP contribution in [0.25, 0.3) is 0 Å². The van der Waals surface area contributed by atoms with Gasteiger partial charge in [-0.15, -0.1) is 0 Å². The smallest absolute Gasteiger partial charge is 0.178 e. The molecule has 2 aromatic carbocycles. The summed E-state index contributed by atoms with van der Waals surface area (Å²) in [5, 5.41) is 18.1. The number of hydrogen-bond acceptors (Lipinski definition) is 3. The second kappa shape index (κ2) is 8.14. The van der Waals surface area contributed by atoms with Crippen LogP contribution >= 0.6 is 0 Å². The second-order valence-corrected chi connectivity index (χ2v) is 6.45. The average Bonchev–Trinajstić information content (AvgIpc) is 2.54. The van der Waals surface area contributed by atoms with E-state index in [0.29, 0.717) is 11.3 Å². The fourth-order valence-electron chi connectivity index (χ4n) is 2.30. The summed E-state index contributed by atoms with van der Waals surface area (Å²) in [6.45, 7) is 6.83. The van der Waals surface area contributed by atoms with E-state index in [9.17, 15) is 0 Å². The van der Waals surface area contributed by atoms with E-state index in [2.05, 4.69) is 32.9 Å². The van der Waals surface area contributed by atoms with Crippen molar-refractivity contribution in [1.82, 2.24) is 0 Å². The third-order valence-corrected chi connectivity index (χ3v) is 4.36. The topological polar surface area (TPSA) is 49.7 Å². The highest BCUT2D eigenvalue weighted by Crippen LogP contribution is 2.24. The summed E-state index contributed by atoms with van der Waals surface area (Å²) < 4.78 is 5.77. The molecule has 0 amide bonds. The number of rotatable bonds is 7. The van der Waals surface area contributed by atoms with E-state index >= 15 is 0 Å². The van der Waals surface area contributed by atoms with Crippen molar-refractivity contribution >= 4 is 0 Å². The van der Waals surface area contributed by atoms with Crippen LogP contribution in [0, 0.1) is 11.8 Å². The molecule has 3 heteroatoms.